The lowest BCUT2D eigenvalue weighted by Gasteiger charge is -2.12. The summed E-state index contributed by atoms with van der Waals surface area (Å²) in [5.74, 6) is 0.424. The molecule has 0 saturated carbocycles. The molecule has 15 heavy (non-hydrogen) atoms. The number of aromatic nitrogens is 2. The van der Waals surface area contributed by atoms with Crippen molar-refractivity contribution in [3.05, 3.63) is 12.4 Å². The SMILES string of the molecule is CCOC(=O)C(C)Nc1cncc(N)n1. The van der Waals surface area contributed by atoms with Crippen LogP contribution in [0.25, 0.3) is 0 Å². The first-order valence-corrected chi connectivity index (χ1v) is 4.64. The van der Waals surface area contributed by atoms with Crippen LogP contribution in [0.5, 0.6) is 0 Å². The summed E-state index contributed by atoms with van der Waals surface area (Å²) >= 11 is 0. The third-order valence-corrected chi connectivity index (χ3v) is 1.66. The van der Waals surface area contributed by atoms with E-state index in [4.69, 9.17) is 10.5 Å². The molecule has 1 aromatic heterocycles. The van der Waals surface area contributed by atoms with Crippen LogP contribution in [0.15, 0.2) is 12.4 Å². The number of rotatable bonds is 4. The highest BCUT2D eigenvalue weighted by atomic mass is 16.5. The zero-order chi connectivity index (χ0) is 11.3. The molecule has 6 heteroatoms. The summed E-state index contributed by atoms with van der Waals surface area (Å²) in [6.07, 6.45) is 2.92. The van der Waals surface area contributed by atoms with E-state index in [1.54, 1.807) is 13.8 Å². The molecule has 0 radical (unpaired) electrons. The van der Waals surface area contributed by atoms with Crippen LogP contribution in [-0.4, -0.2) is 28.6 Å². The first kappa shape index (κ1) is 11.2. The fourth-order valence-corrected chi connectivity index (χ4v) is 0.999. The Morgan fingerprint density at radius 2 is 2.40 bits per heavy atom. The molecule has 1 rings (SSSR count). The van der Waals surface area contributed by atoms with Crippen molar-refractivity contribution in [3.8, 4) is 0 Å². The lowest BCUT2D eigenvalue weighted by Crippen LogP contribution is -2.28. The molecule has 0 aliphatic carbocycles. The van der Waals surface area contributed by atoms with E-state index in [0.29, 0.717) is 18.2 Å². The van der Waals surface area contributed by atoms with E-state index in [1.165, 1.54) is 12.4 Å². The van der Waals surface area contributed by atoms with E-state index >= 15 is 0 Å². The number of carbonyl (C=O) groups is 1. The summed E-state index contributed by atoms with van der Waals surface area (Å²) in [4.78, 5) is 19.1. The van der Waals surface area contributed by atoms with Crippen molar-refractivity contribution in [1.29, 1.82) is 0 Å². The smallest absolute Gasteiger partial charge is 0.328 e. The number of nitrogen functional groups attached to an aromatic ring is 1. The Balaban J connectivity index is 2.58. The minimum atomic E-state index is -0.471. The molecule has 0 aliphatic rings. The van der Waals surface area contributed by atoms with Gasteiger partial charge in [0.1, 0.15) is 17.7 Å². The fourth-order valence-electron chi connectivity index (χ4n) is 0.999. The Bertz CT molecular complexity index is 343. The van der Waals surface area contributed by atoms with Gasteiger partial charge in [0.25, 0.3) is 0 Å². The van der Waals surface area contributed by atoms with E-state index in [-0.39, 0.29) is 5.97 Å². The van der Waals surface area contributed by atoms with E-state index in [9.17, 15) is 4.79 Å². The Morgan fingerprint density at radius 1 is 1.67 bits per heavy atom. The Labute approximate surface area is 87.9 Å². The van der Waals surface area contributed by atoms with Gasteiger partial charge in [-0.15, -0.1) is 0 Å². The molecular weight excluding hydrogens is 196 g/mol. The van der Waals surface area contributed by atoms with Gasteiger partial charge >= 0.3 is 5.97 Å². The molecule has 1 unspecified atom stereocenters. The van der Waals surface area contributed by atoms with E-state index < -0.39 is 6.04 Å². The van der Waals surface area contributed by atoms with Crippen molar-refractivity contribution in [2.75, 3.05) is 17.7 Å². The van der Waals surface area contributed by atoms with Gasteiger partial charge in [-0.25, -0.2) is 9.78 Å². The van der Waals surface area contributed by atoms with Crippen LogP contribution in [0.2, 0.25) is 0 Å². The molecule has 1 aromatic rings. The normalized spacial score (nSPS) is 11.9. The van der Waals surface area contributed by atoms with Crippen LogP contribution in [0.4, 0.5) is 11.6 Å². The molecule has 1 heterocycles. The summed E-state index contributed by atoms with van der Waals surface area (Å²) in [6.45, 7) is 3.79. The van der Waals surface area contributed by atoms with Gasteiger partial charge in [0.2, 0.25) is 0 Å². The number of carbonyl (C=O) groups excluding carboxylic acids is 1. The van der Waals surface area contributed by atoms with Gasteiger partial charge in [-0.3, -0.25) is 4.98 Å². The number of ether oxygens (including phenoxy) is 1. The van der Waals surface area contributed by atoms with Gasteiger partial charge in [0.05, 0.1) is 19.0 Å². The van der Waals surface area contributed by atoms with Gasteiger partial charge in [-0.2, -0.15) is 0 Å². The number of nitrogens with zero attached hydrogens (tertiary/aromatic N) is 2. The number of esters is 1. The molecule has 82 valence electrons. The summed E-state index contributed by atoms with van der Waals surface area (Å²) in [6, 6.07) is -0.471. The average Bonchev–Trinajstić information content (AvgIpc) is 2.18. The summed E-state index contributed by atoms with van der Waals surface area (Å²) < 4.78 is 4.83. The third kappa shape index (κ3) is 3.41. The van der Waals surface area contributed by atoms with E-state index in [2.05, 4.69) is 15.3 Å². The average molecular weight is 210 g/mol. The maximum atomic E-state index is 11.3. The highest BCUT2D eigenvalue weighted by Crippen LogP contribution is 2.05. The number of nitrogens with two attached hydrogens (primary N) is 1. The highest BCUT2D eigenvalue weighted by Gasteiger charge is 2.13. The first-order valence-electron chi connectivity index (χ1n) is 4.64. The molecule has 0 aliphatic heterocycles. The number of anilines is 2. The second-order valence-corrected chi connectivity index (χ2v) is 2.95. The maximum Gasteiger partial charge on any atom is 0.328 e. The summed E-state index contributed by atoms with van der Waals surface area (Å²) in [7, 11) is 0. The largest absolute Gasteiger partial charge is 0.464 e. The van der Waals surface area contributed by atoms with Crippen LogP contribution in [0, 0.1) is 0 Å². The maximum absolute atomic E-state index is 11.3. The zero-order valence-corrected chi connectivity index (χ0v) is 8.73. The Kier molecular flexibility index (Phi) is 3.84. The van der Waals surface area contributed by atoms with Crippen LogP contribution in [0.3, 0.4) is 0 Å². The molecular formula is C9H14N4O2. The van der Waals surface area contributed by atoms with Crippen LogP contribution < -0.4 is 11.1 Å². The molecule has 0 spiro atoms. The van der Waals surface area contributed by atoms with Gasteiger partial charge in [0.15, 0.2) is 0 Å². The molecule has 0 bridgehead atoms. The highest BCUT2D eigenvalue weighted by molar-refractivity contribution is 5.78. The number of hydrogen-bond acceptors (Lipinski definition) is 6. The van der Waals surface area contributed by atoms with Crippen molar-refractivity contribution >= 4 is 17.6 Å². The first-order chi connectivity index (χ1) is 7.13. The standard InChI is InChI=1S/C9H14N4O2/c1-3-15-9(14)6(2)12-8-5-11-4-7(10)13-8/h4-6H,3H2,1-2H3,(H3,10,12,13). The van der Waals surface area contributed by atoms with Crippen LogP contribution in [0.1, 0.15) is 13.8 Å². The molecule has 0 aromatic carbocycles. The Morgan fingerprint density at radius 3 is 3.00 bits per heavy atom. The third-order valence-electron chi connectivity index (χ3n) is 1.66. The van der Waals surface area contributed by atoms with E-state index in [1.807, 2.05) is 0 Å². The topological polar surface area (TPSA) is 90.1 Å². The van der Waals surface area contributed by atoms with Crippen molar-refractivity contribution in [2.45, 2.75) is 19.9 Å². The molecule has 3 N–H and O–H groups in total. The van der Waals surface area contributed by atoms with Gasteiger partial charge in [0, 0.05) is 0 Å². The Hall–Kier alpha value is -1.85. The van der Waals surface area contributed by atoms with E-state index in [0.717, 1.165) is 0 Å². The summed E-state index contributed by atoms with van der Waals surface area (Å²) in [5.41, 5.74) is 5.44. The lowest BCUT2D eigenvalue weighted by atomic mass is 10.3. The lowest BCUT2D eigenvalue weighted by molar-refractivity contribution is -0.143. The van der Waals surface area contributed by atoms with Crippen molar-refractivity contribution < 1.29 is 9.53 Å². The minimum absolute atomic E-state index is 0.302. The second kappa shape index (κ2) is 5.14. The summed E-state index contributed by atoms with van der Waals surface area (Å²) in [5, 5.41) is 2.84. The molecule has 0 saturated heterocycles. The zero-order valence-electron chi connectivity index (χ0n) is 8.73. The fraction of sp³-hybridized carbons (Fsp3) is 0.444. The van der Waals surface area contributed by atoms with Gasteiger partial charge in [-0.05, 0) is 13.8 Å². The van der Waals surface area contributed by atoms with Crippen LogP contribution in [-0.2, 0) is 9.53 Å². The van der Waals surface area contributed by atoms with Crippen LogP contribution >= 0.6 is 0 Å². The van der Waals surface area contributed by atoms with Gasteiger partial charge < -0.3 is 15.8 Å². The predicted octanol–water partition coefficient (Wildman–Crippen LogP) is 0.422. The van der Waals surface area contributed by atoms with Crippen molar-refractivity contribution in [1.82, 2.24) is 9.97 Å². The van der Waals surface area contributed by atoms with Crippen molar-refractivity contribution in [3.63, 3.8) is 0 Å². The molecule has 0 fully saturated rings. The minimum Gasteiger partial charge on any atom is -0.464 e. The molecule has 6 nitrogen and oxygen atoms in total. The number of nitrogens with one attached hydrogen (secondary N) is 1. The van der Waals surface area contributed by atoms with Crippen molar-refractivity contribution in [2.24, 2.45) is 0 Å². The monoisotopic (exact) mass is 210 g/mol. The molecule has 1 atom stereocenters. The predicted molar refractivity (Wildman–Crippen MR) is 56.2 cm³/mol. The van der Waals surface area contributed by atoms with Gasteiger partial charge in [-0.1, -0.05) is 0 Å². The quantitative estimate of drug-likeness (QED) is 0.700. The molecule has 0 amide bonds. The second-order valence-electron chi connectivity index (χ2n) is 2.95. The number of hydrogen-bond donors (Lipinski definition) is 2.